The number of hydrogen-bond acceptors (Lipinski definition) is 2. The van der Waals surface area contributed by atoms with Crippen LogP contribution in [0.3, 0.4) is 0 Å². The molecule has 0 aromatic heterocycles. The highest BCUT2D eigenvalue weighted by molar-refractivity contribution is 5.37. The maximum atomic E-state index is 10.2. The fourth-order valence-corrected chi connectivity index (χ4v) is 1.95. The van der Waals surface area contributed by atoms with Crippen molar-refractivity contribution in [1.82, 2.24) is 0 Å². The minimum absolute atomic E-state index is 0.426. The third-order valence-corrected chi connectivity index (χ3v) is 3.11. The van der Waals surface area contributed by atoms with Crippen LogP contribution in [0.5, 0.6) is 0 Å². The fourth-order valence-electron chi connectivity index (χ4n) is 1.95. The lowest BCUT2D eigenvalue weighted by atomic mass is 9.86. The SMILES string of the molecule is Cc1ccc(C(C)C)cc1C1(O)COC1. The van der Waals surface area contributed by atoms with Crippen molar-refractivity contribution in [2.75, 3.05) is 13.2 Å². The second-order valence-corrected chi connectivity index (χ2v) is 4.75. The van der Waals surface area contributed by atoms with Gasteiger partial charge in [0.15, 0.2) is 0 Å². The van der Waals surface area contributed by atoms with Crippen LogP contribution < -0.4 is 0 Å². The highest BCUT2D eigenvalue weighted by atomic mass is 16.5. The summed E-state index contributed by atoms with van der Waals surface area (Å²) in [6.45, 7) is 7.21. The van der Waals surface area contributed by atoms with Gasteiger partial charge < -0.3 is 9.84 Å². The molecule has 0 aliphatic carbocycles. The molecule has 1 aromatic rings. The molecule has 1 aliphatic heterocycles. The molecule has 2 heteroatoms. The molecule has 1 saturated heterocycles. The van der Waals surface area contributed by atoms with Gasteiger partial charge in [-0.25, -0.2) is 0 Å². The normalized spacial score (nSPS) is 19.0. The maximum absolute atomic E-state index is 10.2. The first kappa shape index (κ1) is 10.7. The van der Waals surface area contributed by atoms with Crippen LogP contribution in [0.4, 0.5) is 0 Å². The molecule has 1 heterocycles. The Morgan fingerprint density at radius 1 is 1.33 bits per heavy atom. The lowest BCUT2D eigenvalue weighted by molar-refractivity contribution is -0.185. The highest BCUT2D eigenvalue weighted by Gasteiger charge is 2.39. The van der Waals surface area contributed by atoms with Crippen molar-refractivity contribution in [3.05, 3.63) is 34.9 Å². The predicted molar refractivity (Wildman–Crippen MR) is 60.0 cm³/mol. The Morgan fingerprint density at radius 3 is 2.47 bits per heavy atom. The Bertz CT molecular complexity index is 365. The van der Waals surface area contributed by atoms with Crippen LogP contribution in [0, 0.1) is 6.92 Å². The predicted octanol–water partition coefficient (Wildman–Crippen LogP) is 2.34. The third kappa shape index (κ3) is 1.80. The largest absolute Gasteiger partial charge is 0.380 e. The van der Waals surface area contributed by atoms with Crippen LogP contribution in [-0.4, -0.2) is 18.3 Å². The van der Waals surface area contributed by atoms with Gasteiger partial charge in [-0.15, -0.1) is 0 Å². The van der Waals surface area contributed by atoms with E-state index < -0.39 is 5.60 Å². The minimum Gasteiger partial charge on any atom is -0.380 e. The molecule has 2 rings (SSSR count). The van der Waals surface area contributed by atoms with Gasteiger partial charge in [0.05, 0.1) is 13.2 Å². The molecule has 2 nitrogen and oxygen atoms in total. The molecule has 1 N–H and O–H groups in total. The summed E-state index contributed by atoms with van der Waals surface area (Å²) < 4.78 is 5.10. The Morgan fingerprint density at radius 2 is 2.00 bits per heavy atom. The molecule has 1 fully saturated rings. The van der Waals surface area contributed by atoms with Crippen molar-refractivity contribution in [3.63, 3.8) is 0 Å². The van der Waals surface area contributed by atoms with Gasteiger partial charge in [0.25, 0.3) is 0 Å². The van der Waals surface area contributed by atoms with Gasteiger partial charge in [-0.05, 0) is 29.5 Å². The summed E-state index contributed by atoms with van der Waals surface area (Å²) in [6, 6.07) is 6.33. The van der Waals surface area contributed by atoms with Crippen LogP contribution in [0.25, 0.3) is 0 Å². The smallest absolute Gasteiger partial charge is 0.136 e. The Kier molecular flexibility index (Phi) is 2.57. The van der Waals surface area contributed by atoms with Gasteiger partial charge >= 0.3 is 0 Å². The van der Waals surface area contributed by atoms with E-state index in [1.807, 2.05) is 6.92 Å². The zero-order valence-electron chi connectivity index (χ0n) is 9.58. The van der Waals surface area contributed by atoms with Crippen LogP contribution in [0.15, 0.2) is 18.2 Å². The summed E-state index contributed by atoms with van der Waals surface area (Å²) in [4.78, 5) is 0. The molecule has 1 aromatic carbocycles. The van der Waals surface area contributed by atoms with E-state index in [4.69, 9.17) is 4.74 Å². The van der Waals surface area contributed by atoms with Crippen molar-refractivity contribution in [2.45, 2.75) is 32.3 Å². The molecular formula is C13H18O2. The van der Waals surface area contributed by atoms with E-state index in [9.17, 15) is 5.11 Å². The first-order valence-electron chi connectivity index (χ1n) is 5.44. The molecule has 0 amide bonds. The van der Waals surface area contributed by atoms with Crippen molar-refractivity contribution in [3.8, 4) is 0 Å². The molecule has 0 spiro atoms. The van der Waals surface area contributed by atoms with Crippen molar-refractivity contribution in [1.29, 1.82) is 0 Å². The number of benzene rings is 1. The molecule has 0 radical (unpaired) electrons. The third-order valence-electron chi connectivity index (χ3n) is 3.11. The van der Waals surface area contributed by atoms with Gasteiger partial charge in [-0.2, -0.15) is 0 Å². The average Bonchev–Trinajstić information content (AvgIpc) is 2.14. The minimum atomic E-state index is -0.741. The second-order valence-electron chi connectivity index (χ2n) is 4.75. The molecule has 15 heavy (non-hydrogen) atoms. The maximum Gasteiger partial charge on any atom is 0.136 e. The van der Waals surface area contributed by atoms with Gasteiger partial charge in [0.1, 0.15) is 5.60 Å². The van der Waals surface area contributed by atoms with Crippen molar-refractivity contribution >= 4 is 0 Å². The number of rotatable bonds is 2. The van der Waals surface area contributed by atoms with E-state index in [0.29, 0.717) is 19.1 Å². The standard InChI is InChI=1S/C13H18O2/c1-9(2)11-5-4-10(3)12(6-11)13(14)7-15-8-13/h4-6,9,14H,7-8H2,1-3H3. The monoisotopic (exact) mass is 206 g/mol. The van der Waals surface area contributed by atoms with Gasteiger partial charge in [-0.1, -0.05) is 32.0 Å². The topological polar surface area (TPSA) is 29.5 Å². The molecule has 0 bridgehead atoms. The average molecular weight is 206 g/mol. The number of aryl methyl sites for hydroxylation is 1. The van der Waals surface area contributed by atoms with E-state index >= 15 is 0 Å². The zero-order chi connectivity index (χ0) is 11.1. The number of aliphatic hydroxyl groups is 1. The van der Waals surface area contributed by atoms with E-state index in [2.05, 4.69) is 32.0 Å². The summed E-state index contributed by atoms with van der Waals surface area (Å²) in [5.41, 5.74) is 2.70. The molecular weight excluding hydrogens is 188 g/mol. The van der Waals surface area contributed by atoms with Gasteiger partial charge in [-0.3, -0.25) is 0 Å². The fraction of sp³-hybridized carbons (Fsp3) is 0.538. The summed E-state index contributed by atoms with van der Waals surface area (Å²) in [5.74, 6) is 0.494. The van der Waals surface area contributed by atoms with E-state index in [0.717, 1.165) is 11.1 Å². The summed E-state index contributed by atoms with van der Waals surface area (Å²) in [7, 11) is 0. The highest BCUT2D eigenvalue weighted by Crippen LogP contribution is 2.33. The number of ether oxygens (including phenoxy) is 1. The lowest BCUT2D eigenvalue weighted by Gasteiger charge is -2.38. The second kappa shape index (κ2) is 3.62. The summed E-state index contributed by atoms with van der Waals surface area (Å²) in [6.07, 6.45) is 0. The van der Waals surface area contributed by atoms with Gasteiger partial charge in [0.2, 0.25) is 0 Å². The van der Waals surface area contributed by atoms with E-state index in [1.54, 1.807) is 0 Å². The first-order valence-corrected chi connectivity index (χ1v) is 5.44. The molecule has 0 atom stereocenters. The summed E-state index contributed by atoms with van der Waals surface area (Å²) in [5, 5.41) is 10.2. The molecule has 1 aliphatic rings. The Hall–Kier alpha value is -0.860. The van der Waals surface area contributed by atoms with Crippen LogP contribution >= 0.6 is 0 Å². The van der Waals surface area contributed by atoms with E-state index in [-0.39, 0.29) is 0 Å². The van der Waals surface area contributed by atoms with E-state index in [1.165, 1.54) is 5.56 Å². The van der Waals surface area contributed by atoms with Crippen LogP contribution in [0.1, 0.15) is 36.5 Å². The molecule has 0 unspecified atom stereocenters. The molecule has 0 saturated carbocycles. The first-order chi connectivity index (χ1) is 7.03. The van der Waals surface area contributed by atoms with Crippen molar-refractivity contribution < 1.29 is 9.84 Å². The number of hydrogen-bond donors (Lipinski definition) is 1. The van der Waals surface area contributed by atoms with Crippen LogP contribution in [-0.2, 0) is 10.3 Å². The Balaban J connectivity index is 2.41. The Labute approximate surface area is 90.9 Å². The van der Waals surface area contributed by atoms with Gasteiger partial charge in [0, 0.05) is 0 Å². The van der Waals surface area contributed by atoms with Crippen LogP contribution in [0.2, 0.25) is 0 Å². The summed E-state index contributed by atoms with van der Waals surface area (Å²) >= 11 is 0. The van der Waals surface area contributed by atoms with Crippen molar-refractivity contribution in [2.24, 2.45) is 0 Å². The zero-order valence-corrected chi connectivity index (χ0v) is 9.58. The molecule has 82 valence electrons. The quantitative estimate of drug-likeness (QED) is 0.804. The lowest BCUT2D eigenvalue weighted by Crippen LogP contribution is -2.47.